The third-order valence-corrected chi connectivity index (χ3v) is 3.25. The van der Waals surface area contributed by atoms with Crippen molar-refractivity contribution < 1.29 is 0 Å². The second-order valence-corrected chi connectivity index (χ2v) is 5.01. The van der Waals surface area contributed by atoms with Crippen molar-refractivity contribution in [2.45, 2.75) is 46.0 Å². The van der Waals surface area contributed by atoms with Gasteiger partial charge in [0.15, 0.2) is 0 Å². The SMILES string of the molecule is CCCNc1cc2c(nn1)C(C)CC(C)C2. The van der Waals surface area contributed by atoms with Crippen molar-refractivity contribution in [3.05, 3.63) is 17.3 Å². The maximum atomic E-state index is 4.38. The molecule has 1 aromatic rings. The lowest BCUT2D eigenvalue weighted by atomic mass is 9.82. The van der Waals surface area contributed by atoms with Crippen molar-refractivity contribution in [2.75, 3.05) is 11.9 Å². The molecule has 1 aromatic heterocycles. The Morgan fingerprint density at radius 3 is 2.94 bits per heavy atom. The van der Waals surface area contributed by atoms with Crippen molar-refractivity contribution in [2.24, 2.45) is 5.92 Å². The van der Waals surface area contributed by atoms with E-state index in [2.05, 4.69) is 42.4 Å². The van der Waals surface area contributed by atoms with Crippen LogP contribution in [-0.4, -0.2) is 16.7 Å². The van der Waals surface area contributed by atoms with E-state index in [1.54, 1.807) is 0 Å². The molecule has 0 amide bonds. The van der Waals surface area contributed by atoms with Crippen molar-refractivity contribution in [3.8, 4) is 0 Å². The van der Waals surface area contributed by atoms with E-state index in [0.717, 1.165) is 31.1 Å². The van der Waals surface area contributed by atoms with Crippen molar-refractivity contribution in [1.29, 1.82) is 0 Å². The van der Waals surface area contributed by atoms with Gasteiger partial charge in [-0.3, -0.25) is 0 Å². The van der Waals surface area contributed by atoms with Gasteiger partial charge in [0, 0.05) is 12.5 Å². The molecule has 1 aliphatic rings. The van der Waals surface area contributed by atoms with Crippen LogP contribution in [0.2, 0.25) is 0 Å². The standard InChI is InChI=1S/C13H21N3/c1-4-5-14-12-8-11-7-9(2)6-10(3)13(11)16-15-12/h8-10H,4-7H2,1-3H3,(H,14,15). The van der Waals surface area contributed by atoms with E-state index in [1.807, 2.05) is 0 Å². The summed E-state index contributed by atoms with van der Waals surface area (Å²) in [6.45, 7) is 7.70. The zero-order valence-corrected chi connectivity index (χ0v) is 10.5. The van der Waals surface area contributed by atoms with Crippen molar-refractivity contribution in [1.82, 2.24) is 10.2 Å². The molecule has 0 bridgehead atoms. The van der Waals surface area contributed by atoms with Crippen molar-refractivity contribution in [3.63, 3.8) is 0 Å². The van der Waals surface area contributed by atoms with Crippen LogP contribution in [-0.2, 0) is 6.42 Å². The van der Waals surface area contributed by atoms with Gasteiger partial charge in [-0.25, -0.2) is 0 Å². The van der Waals surface area contributed by atoms with E-state index < -0.39 is 0 Å². The summed E-state index contributed by atoms with van der Waals surface area (Å²) < 4.78 is 0. The molecule has 3 nitrogen and oxygen atoms in total. The zero-order valence-electron chi connectivity index (χ0n) is 10.5. The summed E-state index contributed by atoms with van der Waals surface area (Å²) in [7, 11) is 0. The Morgan fingerprint density at radius 1 is 1.38 bits per heavy atom. The monoisotopic (exact) mass is 219 g/mol. The molecule has 0 aromatic carbocycles. The summed E-state index contributed by atoms with van der Waals surface area (Å²) in [6, 6.07) is 2.18. The second-order valence-electron chi connectivity index (χ2n) is 5.01. The van der Waals surface area contributed by atoms with E-state index in [1.165, 1.54) is 17.7 Å². The highest BCUT2D eigenvalue weighted by atomic mass is 15.2. The summed E-state index contributed by atoms with van der Waals surface area (Å²) in [5, 5.41) is 11.9. The lowest BCUT2D eigenvalue weighted by molar-refractivity contribution is 0.438. The van der Waals surface area contributed by atoms with Gasteiger partial charge in [-0.05, 0) is 36.8 Å². The second kappa shape index (κ2) is 4.81. The number of aromatic nitrogens is 2. The number of fused-ring (bicyclic) bond motifs is 1. The highest BCUT2D eigenvalue weighted by Crippen LogP contribution is 2.33. The lowest BCUT2D eigenvalue weighted by Crippen LogP contribution is -2.18. The predicted octanol–water partition coefficient (Wildman–Crippen LogP) is 2.98. The van der Waals surface area contributed by atoms with Crippen molar-refractivity contribution >= 4 is 5.82 Å². The molecule has 16 heavy (non-hydrogen) atoms. The van der Waals surface area contributed by atoms with Gasteiger partial charge in [-0.15, -0.1) is 5.10 Å². The fourth-order valence-electron chi connectivity index (χ4n) is 2.53. The van der Waals surface area contributed by atoms with E-state index in [4.69, 9.17) is 0 Å². The molecule has 0 spiro atoms. The van der Waals surface area contributed by atoms with Gasteiger partial charge in [0.1, 0.15) is 5.82 Å². The number of nitrogens with zero attached hydrogens (tertiary/aromatic N) is 2. The summed E-state index contributed by atoms with van der Waals surface area (Å²) >= 11 is 0. The van der Waals surface area contributed by atoms with Crippen LogP contribution in [0.25, 0.3) is 0 Å². The highest BCUT2D eigenvalue weighted by Gasteiger charge is 2.23. The first-order chi connectivity index (χ1) is 7.70. The Balaban J connectivity index is 2.20. The van der Waals surface area contributed by atoms with Gasteiger partial charge in [-0.2, -0.15) is 5.10 Å². The minimum atomic E-state index is 0.562. The van der Waals surface area contributed by atoms with Crippen LogP contribution in [0.3, 0.4) is 0 Å². The first-order valence-electron chi connectivity index (χ1n) is 6.31. The van der Waals surface area contributed by atoms with Crippen LogP contribution < -0.4 is 5.32 Å². The molecule has 0 radical (unpaired) electrons. The number of hydrogen-bond donors (Lipinski definition) is 1. The van der Waals surface area contributed by atoms with Gasteiger partial charge in [0.2, 0.25) is 0 Å². The molecular formula is C13H21N3. The lowest BCUT2D eigenvalue weighted by Gasteiger charge is -2.25. The van der Waals surface area contributed by atoms with E-state index in [-0.39, 0.29) is 0 Å². The molecule has 3 heteroatoms. The van der Waals surface area contributed by atoms with Gasteiger partial charge >= 0.3 is 0 Å². The molecule has 1 N–H and O–H groups in total. The maximum absolute atomic E-state index is 4.38. The Kier molecular flexibility index (Phi) is 3.42. The summed E-state index contributed by atoms with van der Waals surface area (Å²) in [6.07, 6.45) is 3.50. The normalized spacial score (nSPS) is 23.9. The third-order valence-electron chi connectivity index (χ3n) is 3.25. The van der Waals surface area contributed by atoms with Gasteiger partial charge < -0.3 is 5.32 Å². The minimum absolute atomic E-state index is 0.562. The first-order valence-corrected chi connectivity index (χ1v) is 6.31. The molecule has 0 saturated carbocycles. The Morgan fingerprint density at radius 2 is 2.19 bits per heavy atom. The molecule has 0 fully saturated rings. The fraction of sp³-hybridized carbons (Fsp3) is 0.692. The largest absolute Gasteiger partial charge is 0.369 e. The molecule has 2 atom stereocenters. The predicted molar refractivity (Wildman–Crippen MR) is 66.7 cm³/mol. The average molecular weight is 219 g/mol. The molecule has 0 saturated heterocycles. The third kappa shape index (κ3) is 2.34. The molecular weight excluding hydrogens is 198 g/mol. The summed E-state index contributed by atoms with van der Waals surface area (Å²) in [5.41, 5.74) is 2.60. The van der Waals surface area contributed by atoms with E-state index in [9.17, 15) is 0 Å². The van der Waals surface area contributed by atoms with E-state index in [0.29, 0.717) is 5.92 Å². The van der Waals surface area contributed by atoms with Gasteiger partial charge in [0.25, 0.3) is 0 Å². The number of nitrogens with one attached hydrogen (secondary N) is 1. The smallest absolute Gasteiger partial charge is 0.148 e. The Hall–Kier alpha value is -1.12. The van der Waals surface area contributed by atoms with Crippen LogP contribution in [0, 0.1) is 5.92 Å². The minimum Gasteiger partial charge on any atom is -0.369 e. The van der Waals surface area contributed by atoms with Gasteiger partial charge in [-0.1, -0.05) is 20.8 Å². The quantitative estimate of drug-likeness (QED) is 0.849. The van der Waals surface area contributed by atoms with Gasteiger partial charge in [0.05, 0.1) is 5.69 Å². The van der Waals surface area contributed by atoms with Crippen LogP contribution in [0.5, 0.6) is 0 Å². The number of anilines is 1. The highest BCUT2D eigenvalue weighted by molar-refractivity contribution is 5.40. The molecule has 1 heterocycles. The molecule has 0 aliphatic heterocycles. The number of hydrogen-bond acceptors (Lipinski definition) is 3. The topological polar surface area (TPSA) is 37.8 Å². The Labute approximate surface area is 97.7 Å². The van der Waals surface area contributed by atoms with E-state index >= 15 is 0 Å². The number of rotatable bonds is 3. The molecule has 1 aliphatic carbocycles. The Bertz CT molecular complexity index is 362. The van der Waals surface area contributed by atoms with Crippen LogP contribution in [0.15, 0.2) is 6.07 Å². The molecule has 2 rings (SSSR count). The first kappa shape index (κ1) is 11.4. The molecule has 2 unspecified atom stereocenters. The molecule has 88 valence electrons. The van der Waals surface area contributed by atoms with Crippen LogP contribution in [0.4, 0.5) is 5.82 Å². The maximum Gasteiger partial charge on any atom is 0.148 e. The zero-order chi connectivity index (χ0) is 11.5. The average Bonchev–Trinajstić information content (AvgIpc) is 2.25. The van der Waals surface area contributed by atoms with Crippen LogP contribution >= 0.6 is 0 Å². The van der Waals surface area contributed by atoms with Crippen LogP contribution in [0.1, 0.15) is 50.8 Å². The fourth-order valence-corrected chi connectivity index (χ4v) is 2.53. The summed E-state index contributed by atoms with van der Waals surface area (Å²) in [5.74, 6) is 2.26. The summed E-state index contributed by atoms with van der Waals surface area (Å²) in [4.78, 5) is 0.